The first-order chi connectivity index (χ1) is 9.54. The lowest BCUT2D eigenvalue weighted by molar-refractivity contribution is 0.0690. The fourth-order valence-corrected chi connectivity index (χ4v) is 1.45. The maximum Gasteiger partial charge on any atom is 0.354 e. The molecule has 20 heavy (non-hydrogen) atoms. The molecule has 1 aromatic heterocycles. The molecule has 2 aromatic rings. The minimum atomic E-state index is -1.19. The predicted octanol–water partition coefficient (Wildman–Crippen LogP) is 2.56. The number of nitrogens with one attached hydrogen (secondary N) is 2. The number of carbonyl (C=O) groups excluding carboxylic acids is 1. The molecule has 3 N–H and O–H groups in total. The second-order valence-electron chi connectivity index (χ2n) is 3.82. The Morgan fingerprint density at radius 2 is 1.70 bits per heavy atom. The Bertz CT molecular complexity index is 644. The number of aromatic nitrogens is 1. The van der Waals surface area contributed by atoms with Crippen molar-refractivity contribution < 1.29 is 19.1 Å². The van der Waals surface area contributed by atoms with Crippen LogP contribution in [-0.4, -0.2) is 22.1 Å². The highest BCUT2D eigenvalue weighted by molar-refractivity contribution is 6.00. The summed E-state index contributed by atoms with van der Waals surface area (Å²) in [6, 6.07) is 7.35. The summed E-state index contributed by atoms with van der Waals surface area (Å²) in [7, 11) is 0. The summed E-state index contributed by atoms with van der Waals surface area (Å²) in [4.78, 5) is 26.0. The number of urea groups is 1. The van der Waals surface area contributed by atoms with E-state index in [2.05, 4.69) is 15.6 Å². The van der Waals surface area contributed by atoms with Crippen molar-refractivity contribution in [2.75, 3.05) is 10.6 Å². The minimum Gasteiger partial charge on any atom is -0.477 e. The molecule has 0 spiro atoms. The zero-order chi connectivity index (χ0) is 14.5. The van der Waals surface area contributed by atoms with Crippen molar-refractivity contribution in [2.45, 2.75) is 0 Å². The van der Waals surface area contributed by atoms with E-state index in [0.717, 1.165) is 0 Å². The SMILES string of the molecule is O=C(Nc1ccc(F)cc1)Nc1ccnc(C(=O)O)c1. The van der Waals surface area contributed by atoms with Crippen LogP contribution in [0.2, 0.25) is 0 Å². The molecule has 2 amide bonds. The fourth-order valence-electron chi connectivity index (χ4n) is 1.45. The van der Waals surface area contributed by atoms with Gasteiger partial charge in [-0.1, -0.05) is 0 Å². The van der Waals surface area contributed by atoms with Crippen LogP contribution < -0.4 is 10.6 Å². The number of amides is 2. The third-order valence-corrected chi connectivity index (χ3v) is 2.34. The van der Waals surface area contributed by atoms with Crippen LogP contribution in [0.4, 0.5) is 20.6 Å². The van der Waals surface area contributed by atoms with Crippen LogP contribution in [0.1, 0.15) is 10.5 Å². The highest BCUT2D eigenvalue weighted by Crippen LogP contribution is 2.11. The number of pyridine rings is 1. The van der Waals surface area contributed by atoms with Gasteiger partial charge in [0.2, 0.25) is 0 Å². The average Bonchev–Trinajstić information content (AvgIpc) is 2.41. The zero-order valence-electron chi connectivity index (χ0n) is 10.1. The molecule has 1 aromatic carbocycles. The van der Waals surface area contributed by atoms with Crippen molar-refractivity contribution in [1.82, 2.24) is 4.98 Å². The lowest BCUT2D eigenvalue weighted by atomic mass is 10.3. The number of benzene rings is 1. The normalized spacial score (nSPS) is 9.85. The molecule has 1 heterocycles. The number of carbonyl (C=O) groups is 2. The lowest BCUT2D eigenvalue weighted by Gasteiger charge is -2.07. The number of aromatic carboxylic acids is 1. The molecule has 0 aliphatic carbocycles. The molecule has 6 nitrogen and oxygen atoms in total. The van der Waals surface area contributed by atoms with Crippen molar-refractivity contribution in [3.63, 3.8) is 0 Å². The molecular weight excluding hydrogens is 265 g/mol. The summed E-state index contributed by atoms with van der Waals surface area (Å²) >= 11 is 0. The van der Waals surface area contributed by atoms with Crippen molar-refractivity contribution in [1.29, 1.82) is 0 Å². The molecule has 0 aliphatic heterocycles. The second kappa shape index (κ2) is 5.79. The van der Waals surface area contributed by atoms with Gasteiger partial charge >= 0.3 is 12.0 Å². The molecule has 2 rings (SSSR count). The van der Waals surface area contributed by atoms with Crippen molar-refractivity contribution in [3.05, 3.63) is 54.1 Å². The van der Waals surface area contributed by atoms with E-state index >= 15 is 0 Å². The van der Waals surface area contributed by atoms with Crippen LogP contribution in [-0.2, 0) is 0 Å². The van der Waals surface area contributed by atoms with Gasteiger partial charge in [-0.3, -0.25) is 0 Å². The van der Waals surface area contributed by atoms with Crippen molar-refractivity contribution >= 4 is 23.4 Å². The third kappa shape index (κ3) is 3.52. The van der Waals surface area contributed by atoms with Gasteiger partial charge in [-0.25, -0.2) is 19.0 Å². The lowest BCUT2D eigenvalue weighted by Crippen LogP contribution is -2.19. The van der Waals surface area contributed by atoms with Crippen LogP contribution >= 0.6 is 0 Å². The van der Waals surface area contributed by atoms with Crippen molar-refractivity contribution in [3.8, 4) is 0 Å². The van der Waals surface area contributed by atoms with Crippen LogP contribution in [0.25, 0.3) is 0 Å². The largest absolute Gasteiger partial charge is 0.477 e. The second-order valence-corrected chi connectivity index (χ2v) is 3.82. The summed E-state index contributed by atoms with van der Waals surface area (Å²) in [6.45, 7) is 0. The molecule has 0 unspecified atom stereocenters. The number of carboxylic acids is 1. The first-order valence-corrected chi connectivity index (χ1v) is 5.57. The first-order valence-electron chi connectivity index (χ1n) is 5.57. The zero-order valence-corrected chi connectivity index (χ0v) is 10.1. The predicted molar refractivity (Wildman–Crippen MR) is 70.2 cm³/mol. The molecule has 0 atom stereocenters. The van der Waals surface area contributed by atoms with Gasteiger partial charge in [0.1, 0.15) is 11.5 Å². The number of hydrogen-bond acceptors (Lipinski definition) is 3. The van der Waals surface area contributed by atoms with Gasteiger partial charge in [-0.2, -0.15) is 0 Å². The van der Waals surface area contributed by atoms with Gasteiger partial charge in [0.15, 0.2) is 0 Å². The van der Waals surface area contributed by atoms with E-state index in [1.54, 1.807) is 0 Å². The molecule has 7 heteroatoms. The van der Waals surface area contributed by atoms with E-state index in [9.17, 15) is 14.0 Å². The van der Waals surface area contributed by atoms with E-state index in [1.807, 2.05) is 0 Å². The minimum absolute atomic E-state index is 0.176. The van der Waals surface area contributed by atoms with E-state index in [1.165, 1.54) is 42.6 Å². The molecule has 0 saturated carbocycles. The monoisotopic (exact) mass is 275 g/mol. The van der Waals surface area contributed by atoms with Gasteiger partial charge in [0.05, 0.1) is 0 Å². The molecule has 0 radical (unpaired) electrons. The highest BCUT2D eigenvalue weighted by atomic mass is 19.1. The standard InChI is InChI=1S/C13H10FN3O3/c14-8-1-3-9(4-2-8)16-13(20)17-10-5-6-15-11(7-10)12(18)19/h1-7H,(H,18,19)(H2,15,16,17,20). The third-order valence-electron chi connectivity index (χ3n) is 2.34. The van der Waals surface area contributed by atoms with Crippen LogP contribution in [0.5, 0.6) is 0 Å². The van der Waals surface area contributed by atoms with Gasteiger partial charge in [0, 0.05) is 17.6 Å². The van der Waals surface area contributed by atoms with Crippen molar-refractivity contribution in [2.24, 2.45) is 0 Å². The maximum absolute atomic E-state index is 12.7. The van der Waals surface area contributed by atoms with Crippen LogP contribution in [0.15, 0.2) is 42.6 Å². The van der Waals surface area contributed by atoms with Gasteiger partial charge in [0.25, 0.3) is 0 Å². The highest BCUT2D eigenvalue weighted by Gasteiger charge is 2.07. The number of rotatable bonds is 3. The molecule has 0 aliphatic rings. The van der Waals surface area contributed by atoms with Crippen LogP contribution in [0.3, 0.4) is 0 Å². The average molecular weight is 275 g/mol. The molecule has 0 fully saturated rings. The number of carboxylic acid groups (broad SMARTS) is 1. The van der Waals surface area contributed by atoms with E-state index in [0.29, 0.717) is 5.69 Å². The van der Waals surface area contributed by atoms with Crippen LogP contribution in [0, 0.1) is 5.82 Å². The Labute approximate surface area is 113 Å². The summed E-state index contributed by atoms with van der Waals surface area (Å²) in [5.41, 5.74) is 0.526. The fraction of sp³-hybridized carbons (Fsp3) is 0. The van der Waals surface area contributed by atoms with Gasteiger partial charge in [-0.15, -0.1) is 0 Å². The number of nitrogens with zero attached hydrogens (tertiary/aromatic N) is 1. The quantitative estimate of drug-likeness (QED) is 0.802. The molecular formula is C13H10FN3O3. The Kier molecular flexibility index (Phi) is 3.90. The Morgan fingerprint density at radius 1 is 1.05 bits per heavy atom. The molecule has 0 bridgehead atoms. The Hall–Kier alpha value is -2.96. The first kappa shape index (κ1) is 13.5. The summed E-state index contributed by atoms with van der Waals surface area (Å²) in [5.74, 6) is -1.59. The maximum atomic E-state index is 12.7. The van der Waals surface area contributed by atoms with Gasteiger partial charge in [-0.05, 0) is 36.4 Å². The number of halogens is 1. The Balaban J connectivity index is 2.02. The summed E-state index contributed by atoms with van der Waals surface area (Å²) in [5, 5.41) is 13.7. The molecule has 102 valence electrons. The number of hydrogen-bond donors (Lipinski definition) is 3. The van der Waals surface area contributed by atoms with Gasteiger partial charge < -0.3 is 15.7 Å². The topological polar surface area (TPSA) is 91.3 Å². The van der Waals surface area contributed by atoms with E-state index < -0.39 is 17.8 Å². The smallest absolute Gasteiger partial charge is 0.354 e. The van der Waals surface area contributed by atoms with E-state index in [4.69, 9.17) is 5.11 Å². The summed E-state index contributed by atoms with van der Waals surface area (Å²) < 4.78 is 12.7. The van der Waals surface area contributed by atoms with E-state index in [-0.39, 0.29) is 11.4 Å². The summed E-state index contributed by atoms with van der Waals surface area (Å²) in [6.07, 6.45) is 1.27. The Morgan fingerprint density at radius 3 is 2.35 bits per heavy atom. The molecule has 0 saturated heterocycles. The number of anilines is 2.